The fourth-order valence-electron chi connectivity index (χ4n) is 1.92. The molecule has 0 bridgehead atoms. The van der Waals surface area contributed by atoms with Crippen LogP contribution in [0.3, 0.4) is 0 Å². The summed E-state index contributed by atoms with van der Waals surface area (Å²) in [6.07, 6.45) is 0. The lowest BCUT2D eigenvalue weighted by Gasteiger charge is -2.13. The molecule has 0 amide bonds. The molecule has 17 heavy (non-hydrogen) atoms. The van der Waals surface area contributed by atoms with Crippen molar-refractivity contribution in [2.75, 3.05) is 11.9 Å². The number of hydrogen-bond acceptors (Lipinski definition) is 2. The lowest BCUT2D eigenvalue weighted by Crippen LogP contribution is -2.00. The Kier molecular flexibility index (Phi) is 3.45. The number of aromatic nitrogens is 1. The molecule has 1 aromatic heterocycles. The maximum atomic E-state index is 6.35. The summed E-state index contributed by atoms with van der Waals surface area (Å²) < 4.78 is 0. The Hall–Kier alpha value is -0.990. The van der Waals surface area contributed by atoms with Crippen LogP contribution in [0.4, 0.5) is 5.69 Å². The quantitative estimate of drug-likeness (QED) is 0.862. The van der Waals surface area contributed by atoms with Gasteiger partial charge in [0.25, 0.3) is 0 Å². The normalized spacial score (nSPS) is 10.9. The molecule has 0 fully saturated rings. The summed E-state index contributed by atoms with van der Waals surface area (Å²) in [6.45, 7) is 6.78. The number of nitrogens with zero attached hydrogens (tertiary/aromatic N) is 1. The second-order valence-electron chi connectivity index (χ2n) is 4.05. The molecule has 90 valence electrons. The molecule has 0 aliphatic rings. The Labute approximate surface area is 111 Å². The van der Waals surface area contributed by atoms with Gasteiger partial charge in [-0.1, -0.05) is 23.2 Å². The van der Waals surface area contributed by atoms with Crippen molar-refractivity contribution in [3.05, 3.63) is 33.4 Å². The highest BCUT2D eigenvalue weighted by atomic mass is 35.5. The summed E-state index contributed by atoms with van der Waals surface area (Å²) in [5, 5.41) is 5.57. The maximum absolute atomic E-state index is 6.35. The molecule has 4 heteroatoms. The number of anilines is 1. The highest BCUT2D eigenvalue weighted by molar-refractivity contribution is 6.41. The molecule has 0 aliphatic heterocycles. The van der Waals surface area contributed by atoms with E-state index in [-0.39, 0.29) is 0 Å². The molecule has 2 rings (SSSR count). The molecule has 0 radical (unpaired) electrons. The van der Waals surface area contributed by atoms with Crippen molar-refractivity contribution in [1.29, 1.82) is 0 Å². The molecule has 1 aromatic carbocycles. The van der Waals surface area contributed by atoms with Crippen molar-refractivity contribution >= 4 is 39.8 Å². The number of rotatable bonds is 2. The largest absolute Gasteiger partial charge is 0.385 e. The first-order valence-electron chi connectivity index (χ1n) is 5.54. The zero-order chi connectivity index (χ0) is 12.6. The third-order valence-corrected chi connectivity index (χ3v) is 3.43. The van der Waals surface area contributed by atoms with Crippen LogP contribution in [0.25, 0.3) is 10.9 Å². The van der Waals surface area contributed by atoms with E-state index in [0.29, 0.717) is 10.0 Å². The number of pyridine rings is 1. The number of fused-ring (bicyclic) bond motifs is 1. The summed E-state index contributed by atoms with van der Waals surface area (Å²) in [5.41, 5.74) is 3.65. The third kappa shape index (κ3) is 2.20. The molecule has 0 aliphatic carbocycles. The molecule has 0 saturated carbocycles. The minimum atomic E-state index is 0.643. The minimum Gasteiger partial charge on any atom is -0.385 e. The maximum Gasteiger partial charge on any atom is 0.0927 e. The van der Waals surface area contributed by atoms with E-state index in [0.717, 1.165) is 34.4 Å². The molecule has 0 spiro atoms. The van der Waals surface area contributed by atoms with Gasteiger partial charge in [-0.3, -0.25) is 4.98 Å². The van der Waals surface area contributed by atoms with Crippen molar-refractivity contribution < 1.29 is 0 Å². The SMILES string of the molecule is CCNc1cc(C)nc2c(Cl)cc(C)c(Cl)c12. The predicted molar refractivity (Wildman–Crippen MR) is 75.4 cm³/mol. The van der Waals surface area contributed by atoms with Crippen LogP contribution in [0, 0.1) is 13.8 Å². The molecule has 1 heterocycles. The van der Waals surface area contributed by atoms with Gasteiger partial charge in [-0.25, -0.2) is 0 Å². The minimum absolute atomic E-state index is 0.643. The lowest BCUT2D eigenvalue weighted by atomic mass is 10.1. The summed E-state index contributed by atoms with van der Waals surface area (Å²) in [4.78, 5) is 4.46. The number of aryl methyl sites for hydroxylation is 2. The second kappa shape index (κ2) is 4.71. The van der Waals surface area contributed by atoms with E-state index in [1.165, 1.54) is 0 Å². The second-order valence-corrected chi connectivity index (χ2v) is 4.84. The fraction of sp³-hybridized carbons (Fsp3) is 0.308. The number of nitrogens with one attached hydrogen (secondary N) is 1. The Morgan fingerprint density at radius 3 is 2.59 bits per heavy atom. The van der Waals surface area contributed by atoms with Crippen LogP contribution in [-0.2, 0) is 0 Å². The van der Waals surface area contributed by atoms with Crippen molar-refractivity contribution in [1.82, 2.24) is 4.98 Å². The van der Waals surface area contributed by atoms with Gasteiger partial charge in [0.2, 0.25) is 0 Å². The number of benzene rings is 1. The summed E-state index contributed by atoms with van der Waals surface area (Å²) >= 11 is 12.6. The molecule has 2 nitrogen and oxygen atoms in total. The van der Waals surface area contributed by atoms with Crippen LogP contribution in [0.5, 0.6) is 0 Å². The fourth-order valence-corrected chi connectivity index (χ4v) is 2.46. The standard InChI is InChI=1S/C13H14Cl2N2/c1-4-16-10-6-8(3)17-13-9(14)5-7(2)12(15)11(10)13/h5-6H,4H2,1-3H3,(H,16,17). The first kappa shape index (κ1) is 12.5. The summed E-state index contributed by atoms with van der Waals surface area (Å²) in [5.74, 6) is 0. The van der Waals surface area contributed by atoms with Crippen LogP contribution in [-0.4, -0.2) is 11.5 Å². The van der Waals surface area contributed by atoms with Crippen molar-refractivity contribution in [2.45, 2.75) is 20.8 Å². The van der Waals surface area contributed by atoms with Gasteiger partial charge in [0.1, 0.15) is 0 Å². The summed E-state index contributed by atoms with van der Waals surface area (Å²) in [7, 11) is 0. The molecule has 1 N–H and O–H groups in total. The first-order chi connectivity index (χ1) is 8.04. The van der Waals surface area contributed by atoms with Crippen LogP contribution in [0.15, 0.2) is 12.1 Å². The molecular formula is C13H14Cl2N2. The van der Waals surface area contributed by atoms with E-state index in [2.05, 4.69) is 10.3 Å². The van der Waals surface area contributed by atoms with Gasteiger partial charge in [-0.05, 0) is 38.5 Å². The molecule has 2 aromatic rings. The number of halogens is 2. The first-order valence-corrected chi connectivity index (χ1v) is 6.30. The monoisotopic (exact) mass is 268 g/mol. The van der Waals surface area contributed by atoms with Crippen molar-refractivity contribution in [2.24, 2.45) is 0 Å². The van der Waals surface area contributed by atoms with E-state index < -0.39 is 0 Å². The number of hydrogen-bond donors (Lipinski definition) is 1. The lowest BCUT2D eigenvalue weighted by molar-refractivity contribution is 1.19. The smallest absolute Gasteiger partial charge is 0.0927 e. The molecule has 0 saturated heterocycles. The third-order valence-electron chi connectivity index (χ3n) is 2.65. The topological polar surface area (TPSA) is 24.9 Å². The van der Waals surface area contributed by atoms with E-state index in [9.17, 15) is 0 Å². The van der Waals surface area contributed by atoms with Gasteiger partial charge in [0.05, 0.1) is 15.6 Å². The zero-order valence-corrected chi connectivity index (χ0v) is 11.6. The van der Waals surface area contributed by atoms with Crippen molar-refractivity contribution in [3.8, 4) is 0 Å². The van der Waals surface area contributed by atoms with Gasteiger partial charge >= 0.3 is 0 Å². The van der Waals surface area contributed by atoms with E-state index in [1.807, 2.05) is 32.9 Å². The predicted octanol–water partition coefficient (Wildman–Crippen LogP) is 4.59. The Bertz CT molecular complexity index is 579. The van der Waals surface area contributed by atoms with Crippen LogP contribution >= 0.6 is 23.2 Å². The van der Waals surface area contributed by atoms with Gasteiger partial charge in [0, 0.05) is 23.3 Å². The van der Waals surface area contributed by atoms with Gasteiger partial charge in [-0.15, -0.1) is 0 Å². The van der Waals surface area contributed by atoms with Crippen LogP contribution in [0.1, 0.15) is 18.2 Å². The average molecular weight is 269 g/mol. The highest BCUT2D eigenvalue weighted by Crippen LogP contribution is 2.36. The summed E-state index contributed by atoms with van der Waals surface area (Å²) in [6, 6.07) is 3.85. The van der Waals surface area contributed by atoms with Gasteiger partial charge in [0.15, 0.2) is 0 Å². The Morgan fingerprint density at radius 2 is 1.94 bits per heavy atom. The van der Waals surface area contributed by atoms with Gasteiger partial charge < -0.3 is 5.32 Å². The zero-order valence-electron chi connectivity index (χ0n) is 10.1. The highest BCUT2D eigenvalue weighted by Gasteiger charge is 2.12. The van der Waals surface area contributed by atoms with E-state index >= 15 is 0 Å². The Morgan fingerprint density at radius 1 is 1.24 bits per heavy atom. The average Bonchev–Trinajstić information content (AvgIpc) is 2.26. The van der Waals surface area contributed by atoms with Crippen LogP contribution < -0.4 is 5.32 Å². The van der Waals surface area contributed by atoms with E-state index in [4.69, 9.17) is 23.2 Å². The van der Waals surface area contributed by atoms with Gasteiger partial charge in [-0.2, -0.15) is 0 Å². The Balaban J connectivity index is 2.89. The molecule has 0 atom stereocenters. The molecular weight excluding hydrogens is 255 g/mol. The van der Waals surface area contributed by atoms with E-state index in [1.54, 1.807) is 0 Å². The molecule has 0 unspecified atom stereocenters. The van der Waals surface area contributed by atoms with Crippen LogP contribution in [0.2, 0.25) is 10.0 Å². The van der Waals surface area contributed by atoms with Crippen molar-refractivity contribution in [3.63, 3.8) is 0 Å².